The summed E-state index contributed by atoms with van der Waals surface area (Å²) in [4.78, 5) is 6.98. The Kier molecular flexibility index (Phi) is 4.28. The van der Waals surface area contributed by atoms with E-state index in [1.807, 2.05) is 18.9 Å². The number of thiazole rings is 1. The number of aromatic nitrogens is 1. The summed E-state index contributed by atoms with van der Waals surface area (Å²) in [6.07, 6.45) is 2.98. The molecule has 0 saturated heterocycles. The predicted octanol–water partition coefficient (Wildman–Crippen LogP) is 0.590. The van der Waals surface area contributed by atoms with Gasteiger partial charge >= 0.3 is 0 Å². The Morgan fingerprint density at radius 2 is 2.25 bits per heavy atom. The molecule has 92 valence electrons. The molecule has 0 amide bonds. The lowest BCUT2D eigenvalue weighted by Gasteiger charge is -2.22. The first-order valence-electron chi connectivity index (χ1n) is 4.86. The number of hydrogen-bond donors (Lipinski definition) is 1. The summed E-state index contributed by atoms with van der Waals surface area (Å²) in [6, 6.07) is -0.0154. The number of nitrogens with two attached hydrogens (primary N) is 1. The highest BCUT2D eigenvalue weighted by Crippen LogP contribution is 2.17. The zero-order valence-corrected chi connectivity index (χ0v) is 11.3. The molecule has 0 fully saturated rings. The molecule has 1 aromatic rings. The number of nitrogens with zero attached hydrogens (tertiary/aromatic N) is 2. The van der Waals surface area contributed by atoms with Crippen molar-refractivity contribution in [1.82, 2.24) is 9.88 Å². The van der Waals surface area contributed by atoms with Gasteiger partial charge < -0.3 is 5.73 Å². The van der Waals surface area contributed by atoms with E-state index < -0.39 is 9.84 Å². The molecule has 0 radical (unpaired) electrons. The smallest absolute Gasteiger partial charge is 0.180 e. The maximum atomic E-state index is 11.1. The third-order valence-electron chi connectivity index (χ3n) is 2.27. The van der Waals surface area contributed by atoms with Crippen molar-refractivity contribution in [2.75, 3.05) is 24.8 Å². The van der Waals surface area contributed by atoms with Crippen molar-refractivity contribution in [3.05, 3.63) is 11.1 Å². The first-order valence-corrected chi connectivity index (χ1v) is 7.74. The molecule has 0 aliphatic rings. The average Bonchev–Trinajstić information content (AvgIpc) is 2.48. The molecule has 1 rings (SSSR count). The third-order valence-corrected chi connectivity index (χ3v) is 4.17. The Hall–Kier alpha value is -0.660. The molecule has 1 unspecified atom stereocenters. The third kappa shape index (κ3) is 4.46. The summed E-state index contributed by atoms with van der Waals surface area (Å²) in [7, 11) is -1.04. The molecule has 2 N–H and O–H groups in total. The van der Waals surface area contributed by atoms with E-state index in [0.717, 1.165) is 4.88 Å². The summed E-state index contributed by atoms with van der Waals surface area (Å²) in [5, 5.41) is 0.541. The minimum absolute atomic E-state index is 0.0154. The highest BCUT2D eigenvalue weighted by Gasteiger charge is 2.16. The zero-order chi connectivity index (χ0) is 12.3. The lowest BCUT2D eigenvalue weighted by atomic mass is 10.3. The van der Waals surface area contributed by atoms with Crippen molar-refractivity contribution < 1.29 is 8.42 Å². The Bertz CT molecular complexity index is 441. The topological polar surface area (TPSA) is 76.3 Å². The van der Waals surface area contributed by atoms with Crippen molar-refractivity contribution in [2.24, 2.45) is 0 Å². The van der Waals surface area contributed by atoms with E-state index in [2.05, 4.69) is 4.98 Å². The van der Waals surface area contributed by atoms with Crippen LogP contribution in [0.1, 0.15) is 11.8 Å². The van der Waals surface area contributed by atoms with Gasteiger partial charge in [-0.2, -0.15) is 0 Å². The molecular weight excluding hydrogens is 246 g/mol. The molecule has 1 heterocycles. The van der Waals surface area contributed by atoms with Crippen LogP contribution in [0.15, 0.2) is 6.20 Å². The first kappa shape index (κ1) is 13.4. The number of hydrogen-bond acceptors (Lipinski definition) is 6. The predicted molar refractivity (Wildman–Crippen MR) is 67.2 cm³/mol. The molecule has 0 aromatic carbocycles. The van der Waals surface area contributed by atoms with Crippen LogP contribution in [0.5, 0.6) is 0 Å². The van der Waals surface area contributed by atoms with E-state index >= 15 is 0 Å². The maximum absolute atomic E-state index is 11.1. The van der Waals surface area contributed by atoms with Gasteiger partial charge in [-0.25, -0.2) is 13.4 Å². The number of anilines is 1. The first-order chi connectivity index (χ1) is 7.28. The quantitative estimate of drug-likeness (QED) is 0.841. The molecule has 1 atom stereocenters. The fraction of sp³-hybridized carbons (Fsp3) is 0.667. The molecule has 0 bridgehead atoms. The minimum Gasteiger partial charge on any atom is -0.375 e. The van der Waals surface area contributed by atoms with Crippen LogP contribution < -0.4 is 5.73 Å². The summed E-state index contributed by atoms with van der Waals surface area (Å²) in [5.74, 6) is 0.164. The van der Waals surface area contributed by atoms with E-state index in [1.54, 1.807) is 6.20 Å². The number of rotatable bonds is 5. The van der Waals surface area contributed by atoms with Gasteiger partial charge in [0.1, 0.15) is 9.84 Å². The van der Waals surface area contributed by atoms with Crippen LogP contribution in [0.2, 0.25) is 0 Å². The van der Waals surface area contributed by atoms with E-state index in [-0.39, 0.29) is 11.8 Å². The Labute approximate surface area is 100 Å². The fourth-order valence-electron chi connectivity index (χ4n) is 1.36. The Morgan fingerprint density at radius 3 is 2.69 bits per heavy atom. The Morgan fingerprint density at radius 1 is 1.62 bits per heavy atom. The minimum atomic E-state index is -2.93. The van der Waals surface area contributed by atoms with Gasteiger partial charge in [-0.1, -0.05) is 0 Å². The largest absolute Gasteiger partial charge is 0.375 e. The molecule has 7 heteroatoms. The summed E-state index contributed by atoms with van der Waals surface area (Å²) in [5.41, 5.74) is 5.53. The van der Waals surface area contributed by atoms with Crippen LogP contribution >= 0.6 is 11.3 Å². The second-order valence-corrected chi connectivity index (χ2v) is 7.35. The molecular formula is C9H17N3O2S2. The lowest BCUT2D eigenvalue weighted by Crippen LogP contribution is -2.34. The Balaban J connectivity index is 2.55. The van der Waals surface area contributed by atoms with Gasteiger partial charge in [-0.05, 0) is 14.0 Å². The van der Waals surface area contributed by atoms with Gasteiger partial charge in [-0.3, -0.25) is 4.90 Å². The molecule has 0 aliphatic heterocycles. The molecule has 1 aromatic heterocycles. The molecule has 5 nitrogen and oxygen atoms in total. The van der Waals surface area contributed by atoms with E-state index in [4.69, 9.17) is 5.73 Å². The second kappa shape index (κ2) is 5.11. The molecule has 16 heavy (non-hydrogen) atoms. The van der Waals surface area contributed by atoms with E-state index in [1.165, 1.54) is 17.6 Å². The van der Waals surface area contributed by atoms with Crippen LogP contribution in [0.3, 0.4) is 0 Å². The standard InChI is InChI=1S/C9H17N3O2S2/c1-7(6-16(3,13)14)12(2)5-8-4-11-9(10)15-8/h4,7H,5-6H2,1-3H3,(H2,10,11). The van der Waals surface area contributed by atoms with Gasteiger partial charge in [0, 0.05) is 29.9 Å². The van der Waals surface area contributed by atoms with Crippen LogP contribution in [-0.2, 0) is 16.4 Å². The number of nitrogen functional groups attached to an aromatic ring is 1. The van der Waals surface area contributed by atoms with Crippen LogP contribution in [0.25, 0.3) is 0 Å². The highest BCUT2D eigenvalue weighted by atomic mass is 32.2. The van der Waals surface area contributed by atoms with E-state index in [0.29, 0.717) is 11.7 Å². The van der Waals surface area contributed by atoms with Gasteiger partial charge in [0.2, 0.25) is 0 Å². The van der Waals surface area contributed by atoms with Gasteiger partial charge in [0.05, 0.1) is 5.75 Å². The van der Waals surface area contributed by atoms with Crippen molar-refractivity contribution in [2.45, 2.75) is 19.5 Å². The van der Waals surface area contributed by atoms with Gasteiger partial charge in [0.15, 0.2) is 5.13 Å². The van der Waals surface area contributed by atoms with Gasteiger partial charge in [0.25, 0.3) is 0 Å². The average molecular weight is 263 g/mol. The van der Waals surface area contributed by atoms with Crippen molar-refractivity contribution in [3.8, 4) is 0 Å². The second-order valence-electron chi connectivity index (χ2n) is 4.02. The normalized spacial score (nSPS) is 14.2. The van der Waals surface area contributed by atoms with Crippen LogP contribution in [0, 0.1) is 0 Å². The SMILES string of the molecule is CC(CS(C)(=O)=O)N(C)Cc1cnc(N)s1. The summed E-state index contributed by atoms with van der Waals surface area (Å²) < 4.78 is 22.3. The fourth-order valence-corrected chi connectivity index (χ4v) is 3.24. The highest BCUT2D eigenvalue weighted by molar-refractivity contribution is 7.90. The van der Waals surface area contributed by atoms with Gasteiger partial charge in [-0.15, -0.1) is 11.3 Å². The molecule has 0 spiro atoms. The van der Waals surface area contributed by atoms with Crippen LogP contribution in [-0.4, -0.2) is 43.4 Å². The van der Waals surface area contributed by atoms with Crippen molar-refractivity contribution in [3.63, 3.8) is 0 Å². The van der Waals surface area contributed by atoms with E-state index in [9.17, 15) is 8.42 Å². The van der Waals surface area contributed by atoms with Crippen molar-refractivity contribution in [1.29, 1.82) is 0 Å². The monoisotopic (exact) mass is 263 g/mol. The van der Waals surface area contributed by atoms with Crippen LogP contribution in [0.4, 0.5) is 5.13 Å². The lowest BCUT2D eigenvalue weighted by molar-refractivity contribution is 0.269. The zero-order valence-electron chi connectivity index (χ0n) is 9.67. The summed E-state index contributed by atoms with van der Waals surface area (Å²) >= 11 is 1.43. The number of sulfone groups is 1. The molecule has 0 saturated carbocycles. The van der Waals surface area contributed by atoms with Crippen molar-refractivity contribution >= 4 is 26.3 Å². The maximum Gasteiger partial charge on any atom is 0.180 e. The molecule has 0 aliphatic carbocycles. The summed E-state index contributed by atoms with van der Waals surface area (Å²) in [6.45, 7) is 2.57.